The molecule has 0 aliphatic heterocycles. The highest BCUT2D eigenvalue weighted by atomic mass is 79.9. The van der Waals surface area contributed by atoms with E-state index in [1.165, 1.54) is 12.1 Å². The molecular weight excluding hydrogens is 391 g/mol. The number of carboxylic acids is 1. The fourth-order valence-electron chi connectivity index (χ4n) is 2.04. The Morgan fingerprint density at radius 3 is 2.50 bits per heavy atom. The first kappa shape index (κ1) is 15.2. The van der Waals surface area contributed by atoms with E-state index in [1.807, 2.05) is 6.07 Å². The Morgan fingerprint density at radius 2 is 1.90 bits per heavy atom. The molecule has 2 aromatic rings. The molecule has 2 rings (SSSR count). The largest absolute Gasteiger partial charge is 0.481 e. The van der Waals surface area contributed by atoms with Gasteiger partial charge in [-0.25, -0.2) is 4.39 Å². The molecule has 2 nitrogen and oxygen atoms in total. The van der Waals surface area contributed by atoms with Crippen molar-refractivity contribution in [3.63, 3.8) is 0 Å². The van der Waals surface area contributed by atoms with Crippen LogP contribution in [0.1, 0.15) is 17.0 Å². The lowest BCUT2D eigenvalue weighted by atomic mass is 9.92. The fourth-order valence-corrected chi connectivity index (χ4v) is 2.97. The van der Waals surface area contributed by atoms with Crippen molar-refractivity contribution in [2.45, 2.75) is 12.3 Å². The van der Waals surface area contributed by atoms with Crippen LogP contribution in [0.2, 0.25) is 0 Å². The van der Waals surface area contributed by atoms with Gasteiger partial charge in [0.05, 0.1) is 5.92 Å². The van der Waals surface area contributed by atoms with E-state index in [1.54, 1.807) is 24.3 Å². The zero-order valence-electron chi connectivity index (χ0n) is 10.3. The Morgan fingerprint density at radius 1 is 1.15 bits per heavy atom. The SMILES string of the molecule is O=C(O)C(Cc1cc(F)cc(Br)c1)c1cccc(Br)c1. The lowest BCUT2D eigenvalue weighted by Gasteiger charge is -2.13. The number of benzene rings is 2. The average molecular weight is 402 g/mol. The number of hydrogen-bond acceptors (Lipinski definition) is 1. The van der Waals surface area contributed by atoms with Gasteiger partial charge < -0.3 is 5.11 Å². The summed E-state index contributed by atoms with van der Waals surface area (Å²) in [6.45, 7) is 0. The van der Waals surface area contributed by atoms with E-state index in [0.717, 1.165) is 4.47 Å². The number of hydrogen-bond donors (Lipinski definition) is 1. The second-order valence-electron chi connectivity index (χ2n) is 4.43. The van der Waals surface area contributed by atoms with Crippen molar-refractivity contribution in [3.05, 3.63) is 68.4 Å². The van der Waals surface area contributed by atoms with Gasteiger partial charge in [-0.2, -0.15) is 0 Å². The number of carbonyl (C=O) groups is 1. The molecule has 0 aromatic heterocycles. The standard InChI is InChI=1S/C15H11Br2FO2/c16-11-3-1-2-10(7-11)14(15(19)20)6-9-4-12(17)8-13(18)5-9/h1-5,7-8,14H,6H2,(H,19,20). The summed E-state index contributed by atoms with van der Waals surface area (Å²) < 4.78 is 14.8. The third-order valence-electron chi connectivity index (χ3n) is 2.91. The Hall–Kier alpha value is -1.20. The summed E-state index contributed by atoms with van der Waals surface area (Å²) in [6.07, 6.45) is 0.238. The summed E-state index contributed by atoms with van der Waals surface area (Å²) in [7, 11) is 0. The van der Waals surface area contributed by atoms with Gasteiger partial charge in [0.1, 0.15) is 5.82 Å². The minimum atomic E-state index is -0.927. The van der Waals surface area contributed by atoms with Crippen LogP contribution in [0, 0.1) is 5.82 Å². The summed E-state index contributed by atoms with van der Waals surface area (Å²) in [5, 5.41) is 9.40. The van der Waals surface area contributed by atoms with Crippen LogP contribution in [0.25, 0.3) is 0 Å². The normalized spacial score (nSPS) is 12.2. The summed E-state index contributed by atoms with van der Waals surface area (Å²) in [5.74, 6) is -2.02. The van der Waals surface area contributed by atoms with Crippen LogP contribution in [-0.4, -0.2) is 11.1 Å². The highest BCUT2D eigenvalue weighted by Crippen LogP contribution is 2.26. The first-order valence-electron chi connectivity index (χ1n) is 5.89. The van der Waals surface area contributed by atoms with Crippen molar-refractivity contribution in [2.75, 3.05) is 0 Å². The van der Waals surface area contributed by atoms with E-state index in [9.17, 15) is 14.3 Å². The maximum atomic E-state index is 13.4. The smallest absolute Gasteiger partial charge is 0.311 e. The van der Waals surface area contributed by atoms with Crippen LogP contribution in [0.5, 0.6) is 0 Å². The molecule has 0 saturated carbocycles. The molecule has 0 heterocycles. The zero-order chi connectivity index (χ0) is 14.7. The second-order valence-corrected chi connectivity index (χ2v) is 6.26. The predicted octanol–water partition coefficient (Wildman–Crippen LogP) is 4.76. The van der Waals surface area contributed by atoms with Crippen molar-refractivity contribution >= 4 is 37.8 Å². The first-order chi connectivity index (χ1) is 9.45. The minimum absolute atomic E-state index is 0.238. The van der Waals surface area contributed by atoms with Crippen LogP contribution in [-0.2, 0) is 11.2 Å². The quantitative estimate of drug-likeness (QED) is 0.801. The van der Waals surface area contributed by atoms with Crippen molar-refractivity contribution in [2.24, 2.45) is 0 Å². The Labute approximate surface area is 132 Å². The van der Waals surface area contributed by atoms with Crippen LogP contribution in [0.15, 0.2) is 51.4 Å². The van der Waals surface area contributed by atoms with Gasteiger partial charge in [-0.05, 0) is 47.9 Å². The first-order valence-corrected chi connectivity index (χ1v) is 7.47. The topological polar surface area (TPSA) is 37.3 Å². The molecule has 0 amide bonds. The third-order valence-corrected chi connectivity index (χ3v) is 3.86. The minimum Gasteiger partial charge on any atom is -0.481 e. The van der Waals surface area contributed by atoms with Crippen molar-refractivity contribution in [1.82, 2.24) is 0 Å². The number of rotatable bonds is 4. The van der Waals surface area contributed by atoms with Crippen LogP contribution >= 0.6 is 31.9 Å². The molecule has 5 heteroatoms. The molecule has 2 aromatic carbocycles. The highest BCUT2D eigenvalue weighted by Gasteiger charge is 2.21. The molecule has 0 fully saturated rings. The van der Waals surface area contributed by atoms with Crippen molar-refractivity contribution < 1.29 is 14.3 Å². The molecule has 0 spiro atoms. The Balaban J connectivity index is 2.33. The second kappa shape index (κ2) is 6.50. The molecule has 0 aliphatic carbocycles. The van der Waals surface area contributed by atoms with Crippen LogP contribution in [0.4, 0.5) is 4.39 Å². The summed E-state index contributed by atoms with van der Waals surface area (Å²) in [4.78, 5) is 11.5. The predicted molar refractivity (Wildman–Crippen MR) is 82.3 cm³/mol. The molecule has 1 unspecified atom stereocenters. The summed E-state index contributed by atoms with van der Waals surface area (Å²) in [5.41, 5.74) is 1.33. The maximum absolute atomic E-state index is 13.4. The molecular formula is C15H11Br2FO2. The third kappa shape index (κ3) is 3.90. The van der Waals surface area contributed by atoms with E-state index in [-0.39, 0.29) is 12.2 Å². The monoisotopic (exact) mass is 400 g/mol. The number of halogens is 3. The Kier molecular flexibility index (Phi) is 4.94. The van der Waals surface area contributed by atoms with Gasteiger partial charge in [0.25, 0.3) is 0 Å². The van der Waals surface area contributed by atoms with Gasteiger partial charge in [-0.15, -0.1) is 0 Å². The number of carboxylic acid groups (broad SMARTS) is 1. The molecule has 0 aliphatic rings. The summed E-state index contributed by atoms with van der Waals surface area (Å²) >= 11 is 6.54. The summed E-state index contributed by atoms with van der Waals surface area (Å²) in [6, 6.07) is 11.6. The molecule has 0 bridgehead atoms. The van der Waals surface area contributed by atoms with Gasteiger partial charge in [-0.3, -0.25) is 4.79 Å². The van der Waals surface area contributed by atoms with E-state index in [0.29, 0.717) is 15.6 Å². The number of aliphatic carboxylic acids is 1. The lowest BCUT2D eigenvalue weighted by Crippen LogP contribution is -2.14. The van der Waals surface area contributed by atoms with Gasteiger partial charge in [-0.1, -0.05) is 44.0 Å². The molecule has 0 radical (unpaired) electrons. The van der Waals surface area contributed by atoms with Gasteiger partial charge in [0, 0.05) is 8.95 Å². The van der Waals surface area contributed by atoms with E-state index >= 15 is 0 Å². The molecule has 20 heavy (non-hydrogen) atoms. The zero-order valence-corrected chi connectivity index (χ0v) is 13.5. The fraction of sp³-hybridized carbons (Fsp3) is 0.133. The maximum Gasteiger partial charge on any atom is 0.311 e. The van der Waals surface area contributed by atoms with Gasteiger partial charge in [0.2, 0.25) is 0 Å². The molecule has 104 valence electrons. The van der Waals surface area contributed by atoms with E-state index < -0.39 is 11.9 Å². The highest BCUT2D eigenvalue weighted by molar-refractivity contribution is 9.10. The van der Waals surface area contributed by atoms with Crippen molar-refractivity contribution in [3.8, 4) is 0 Å². The molecule has 0 saturated heterocycles. The Bertz CT molecular complexity index is 623. The van der Waals surface area contributed by atoms with Crippen LogP contribution < -0.4 is 0 Å². The van der Waals surface area contributed by atoms with E-state index in [2.05, 4.69) is 31.9 Å². The molecule has 1 atom stereocenters. The average Bonchev–Trinajstić information content (AvgIpc) is 2.34. The van der Waals surface area contributed by atoms with Gasteiger partial charge >= 0.3 is 5.97 Å². The van der Waals surface area contributed by atoms with Gasteiger partial charge in [0.15, 0.2) is 0 Å². The van der Waals surface area contributed by atoms with Crippen LogP contribution in [0.3, 0.4) is 0 Å². The van der Waals surface area contributed by atoms with E-state index in [4.69, 9.17) is 0 Å². The lowest BCUT2D eigenvalue weighted by molar-refractivity contribution is -0.138. The molecule has 1 N–H and O–H groups in total. The van der Waals surface area contributed by atoms with Crippen molar-refractivity contribution in [1.29, 1.82) is 0 Å².